The lowest BCUT2D eigenvalue weighted by Crippen LogP contribution is -1.98. The molecule has 0 aliphatic heterocycles. The Morgan fingerprint density at radius 3 is 2.89 bits per heavy atom. The van der Waals surface area contributed by atoms with Crippen LogP contribution >= 0.6 is 11.3 Å². The summed E-state index contributed by atoms with van der Waals surface area (Å²) in [6.45, 7) is 2.66. The highest BCUT2D eigenvalue weighted by Crippen LogP contribution is 2.24. The first kappa shape index (κ1) is 13.1. The second kappa shape index (κ2) is 6.57. The van der Waals surface area contributed by atoms with Crippen molar-refractivity contribution in [1.82, 2.24) is 0 Å². The normalized spacial score (nSPS) is 12.3. The van der Waals surface area contributed by atoms with E-state index in [1.807, 2.05) is 42.6 Å². The second-order valence-electron chi connectivity index (χ2n) is 4.15. The number of ether oxygens (including phenoxy) is 1. The molecule has 0 saturated carbocycles. The van der Waals surface area contributed by atoms with Crippen LogP contribution in [0.15, 0.2) is 41.8 Å². The molecule has 0 fully saturated rings. The van der Waals surface area contributed by atoms with E-state index >= 15 is 0 Å². The van der Waals surface area contributed by atoms with Gasteiger partial charge in [0.25, 0.3) is 0 Å². The fourth-order valence-electron chi connectivity index (χ4n) is 1.88. The third-order valence-electron chi connectivity index (χ3n) is 2.79. The molecule has 0 aliphatic rings. The van der Waals surface area contributed by atoms with Gasteiger partial charge in [0.15, 0.2) is 0 Å². The van der Waals surface area contributed by atoms with Gasteiger partial charge in [-0.3, -0.25) is 0 Å². The number of rotatable bonds is 6. The molecule has 1 heterocycles. The smallest absolute Gasteiger partial charge is 0.119 e. The molecule has 0 radical (unpaired) electrons. The van der Waals surface area contributed by atoms with E-state index in [-0.39, 0.29) is 6.10 Å². The number of hydrogen-bond donors (Lipinski definition) is 1. The zero-order valence-electron chi connectivity index (χ0n) is 10.5. The first-order valence-corrected chi connectivity index (χ1v) is 7.10. The maximum absolute atomic E-state index is 10.0. The van der Waals surface area contributed by atoms with Gasteiger partial charge in [0, 0.05) is 4.88 Å². The maximum Gasteiger partial charge on any atom is 0.119 e. The van der Waals surface area contributed by atoms with Crippen LogP contribution in [0.25, 0.3) is 0 Å². The molecular weight excluding hydrogens is 244 g/mol. The van der Waals surface area contributed by atoms with Crippen LogP contribution in [0.4, 0.5) is 0 Å². The highest BCUT2D eigenvalue weighted by molar-refractivity contribution is 7.10. The average molecular weight is 262 g/mol. The summed E-state index contributed by atoms with van der Waals surface area (Å²) in [5.41, 5.74) is 1.21. The van der Waals surface area contributed by atoms with Gasteiger partial charge in [-0.05, 0) is 48.9 Å². The van der Waals surface area contributed by atoms with Crippen molar-refractivity contribution in [3.8, 4) is 5.75 Å². The number of thiophene rings is 1. The van der Waals surface area contributed by atoms with Crippen molar-refractivity contribution in [2.75, 3.05) is 6.61 Å². The standard InChI is InChI=1S/C15H18O2S/c1-2-17-13-6-3-5-12(11-13)8-9-14(16)15-7-4-10-18-15/h3-7,10-11,14,16H,2,8-9H2,1H3. The van der Waals surface area contributed by atoms with Crippen molar-refractivity contribution < 1.29 is 9.84 Å². The molecule has 0 bridgehead atoms. The van der Waals surface area contributed by atoms with Crippen molar-refractivity contribution in [3.05, 3.63) is 52.2 Å². The van der Waals surface area contributed by atoms with Gasteiger partial charge in [-0.2, -0.15) is 0 Å². The summed E-state index contributed by atoms with van der Waals surface area (Å²) in [6, 6.07) is 12.0. The molecule has 2 aromatic rings. The Bertz CT molecular complexity index is 465. The molecule has 0 spiro atoms. The van der Waals surface area contributed by atoms with Gasteiger partial charge < -0.3 is 9.84 Å². The van der Waals surface area contributed by atoms with Crippen molar-refractivity contribution in [1.29, 1.82) is 0 Å². The molecule has 1 atom stereocenters. The van der Waals surface area contributed by atoms with E-state index in [0.717, 1.165) is 23.5 Å². The van der Waals surface area contributed by atoms with E-state index < -0.39 is 0 Å². The summed E-state index contributed by atoms with van der Waals surface area (Å²) in [5.74, 6) is 0.903. The summed E-state index contributed by atoms with van der Waals surface area (Å²) in [5, 5.41) is 12.0. The van der Waals surface area contributed by atoms with Gasteiger partial charge in [-0.15, -0.1) is 11.3 Å². The Kier molecular flexibility index (Phi) is 4.79. The lowest BCUT2D eigenvalue weighted by molar-refractivity contribution is 0.171. The third kappa shape index (κ3) is 3.59. The Morgan fingerprint density at radius 2 is 2.17 bits per heavy atom. The van der Waals surface area contributed by atoms with E-state index in [1.165, 1.54) is 5.56 Å². The highest BCUT2D eigenvalue weighted by atomic mass is 32.1. The first-order chi connectivity index (χ1) is 8.79. The molecule has 2 nitrogen and oxygen atoms in total. The second-order valence-corrected chi connectivity index (χ2v) is 5.13. The summed E-state index contributed by atoms with van der Waals surface area (Å²) < 4.78 is 5.47. The van der Waals surface area contributed by atoms with E-state index in [2.05, 4.69) is 6.07 Å². The zero-order valence-corrected chi connectivity index (χ0v) is 11.3. The van der Waals surface area contributed by atoms with E-state index in [9.17, 15) is 5.11 Å². The van der Waals surface area contributed by atoms with Crippen LogP contribution in [0.2, 0.25) is 0 Å². The van der Waals surface area contributed by atoms with Crippen LogP contribution in [0, 0.1) is 0 Å². The number of hydrogen-bond acceptors (Lipinski definition) is 3. The molecule has 0 saturated heterocycles. The lowest BCUT2D eigenvalue weighted by Gasteiger charge is -2.09. The molecule has 96 valence electrons. The Labute approximate surface area is 112 Å². The number of aliphatic hydroxyl groups is 1. The summed E-state index contributed by atoms with van der Waals surface area (Å²) in [7, 11) is 0. The van der Waals surface area contributed by atoms with Crippen LogP contribution in [-0.2, 0) is 6.42 Å². The predicted molar refractivity (Wildman–Crippen MR) is 75.2 cm³/mol. The lowest BCUT2D eigenvalue weighted by atomic mass is 10.1. The molecule has 1 aromatic heterocycles. The van der Waals surface area contributed by atoms with Crippen LogP contribution in [0.3, 0.4) is 0 Å². The number of benzene rings is 1. The minimum atomic E-state index is -0.360. The SMILES string of the molecule is CCOc1cccc(CCC(O)c2cccs2)c1. The Morgan fingerprint density at radius 1 is 1.28 bits per heavy atom. The third-order valence-corrected chi connectivity index (χ3v) is 3.76. The predicted octanol–water partition coefficient (Wildman–Crippen LogP) is 3.81. The molecule has 18 heavy (non-hydrogen) atoms. The van der Waals surface area contributed by atoms with Crippen LogP contribution in [0.1, 0.15) is 29.9 Å². The molecule has 0 aliphatic carbocycles. The van der Waals surface area contributed by atoms with Crippen molar-refractivity contribution >= 4 is 11.3 Å². The summed E-state index contributed by atoms with van der Waals surface area (Å²) in [4.78, 5) is 1.04. The zero-order chi connectivity index (χ0) is 12.8. The molecule has 2 rings (SSSR count). The van der Waals surface area contributed by atoms with Crippen molar-refractivity contribution in [2.24, 2.45) is 0 Å². The van der Waals surface area contributed by atoms with Gasteiger partial charge in [0.1, 0.15) is 5.75 Å². The Balaban J connectivity index is 1.91. The van der Waals surface area contributed by atoms with E-state index in [0.29, 0.717) is 6.61 Å². The van der Waals surface area contributed by atoms with Gasteiger partial charge >= 0.3 is 0 Å². The van der Waals surface area contributed by atoms with Crippen LogP contribution in [0.5, 0.6) is 5.75 Å². The first-order valence-electron chi connectivity index (χ1n) is 6.23. The molecule has 3 heteroatoms. The molecule has 0 amide bonds. The van der Waals surface area contributed by atoms with Gasteiger partial charge in [0.2, 0.25) is 0 Å². The minimum absolute atomic E-state index is 0.360. The highest BCUT2D eigenvalue weighted by Gasteiger charge is 2.08. The van der Waals surface area contributed by atoms with E-state index in [1.54, 1.807) is 11.3 Å². The van der Waals surface area contributed by atoms with Gasteiger partial charge in [-0.1, -0.05) is 18.2 Å². The molecule has 1 N–H and O–H groups in total. The Hall–Kier alpha value is -1.32. The van der Waals surface area contributed by atoms with Crippen molar-refractivity contribution in [3.63, 3.8) is 0 Å². The summed E-state index contributed by atoms with van der Waals surface area (Å²) in [6.07, 6.45) is 1.25. The fourth-order valence-corrected chi connectivity index (χ4v) is 2.63. The maximum atomic E-state index is 10.0. The van der Waals surface area contributed by atoms with Gasteiger partial charge in [-0.25, -0.2) is 0 Å². The molecular formula is C15H18O2S. The average Bonchev–Trinajstić information content (AvgIpc) is 2.91. The van der Waals surface area contributed by atoms with Gasteiger partial charge in [0.05, 0.1) is 12.7 Å². The largest absolute Gasteiger partial charge is 0.494 e. The van der Waals surface area contributed by atoms with Crippen LogP contribution < -0.4 is 4.74 Å². The van der Waals surface area contributed by atoms with Crippen molar-refractivity contribution in [2.45, 2.75) is 25.9 Å². The summed E-state index contributed by atoms with van der Waals surface area (Å²) >= 11 is 1.60. The fraction of sp³-hybridized carbons (Fsp3) is 0.333. The number of aliphatic hydroxyl groups excluding tert-OH is 1. The molecule has 1 aromatic carbocycles. The minimum Gasteiger partial charge on any atom is -0.494 e. The quantitative estimate of drug-likeness (QED) is 0.857. The number of aryl methyl sites for hydroxylation is 1. The topological polar surface area (TPSA) is 29.5 Å². The van der Waals surface area contributed by atoms with Crippen LogP contribution in [-0.4, -0.2) is 11.7 Å². The molecule has 1 unspecified atom stereocenters. The van der Waals surface area contributed by atoms with E-state index in [4.69, 9.17) is 4.74 Å². The monoisotopic (exact) mass is 262 g/mol.